The van der Waals surface area contributed by atoms with Crippen LogP contribution in [-0.2, 0) is 5.79 Å². The predicted octanol–water partition coefficient (Wildman–Crippen LogP) is 6.18. The Bertz CT molecular complexity index is 1210. The summed E-state index contributed by atoms with van der Waals surface area (Å²) in [5, 5.41) is 16.0. The van der Waals surface area contributed by atoms with E-state index in [0.29, 0.717) is 17.3 Å². The van der Waals surface area contributed by atoms with E-state index in [9.17, 15) is 5.21 Å². The molecule has 5 nitrogen and oxygen atoms in total. The van der Waals surface area contributed by atoms with Gasteiger partial charge in [-0.1, -0.05) is 59.8 Å². The molecule has 3 aromatic rings. The van der Waals surface area contributed by atoms with Crippen molar-refractivity contribution in [3.8, 4) is 0 Å². The Kier molecular flexibility index (Phi) is 7.02. The van der Waals surface area contributed by atoms with Crippen molar-refractivity contribution in [3.63, 3.8) is 0 Å². The van der Waals surface area contributed by atoms with Gasteiger partial charge in [-0.15, -0.1) is 0 Å². The second kappa shape index (κ2) is 10.3. The lowest BCUT2D eigenvalue weighted by Gasteiger charge is -2.36. The minimum absolute atomic E-state index is 0.426. The van der Waals surface area contributed by atoms with Crippen LogP contribution in [0.15, 0.2) is 89.9 Å². The van der Waals surface area contributed by atoms with Crippen molar-refractivity contribution in [1.29, 1.82) is 0 Å². The molecule has 0 amide bonds. The Hall–Kier alpha value is -2.96. The number of hydroxylamine groups is 1. The van der Waals surface area contributed by atoms with E-state index >= 15 is 0 Å². The molecule has 35 heavy (non-hydrogen) atoms. The summed E-state index contributed by atoms with van der Waals surface area (Å²) >= 11 is 7.84. The molecule has 7 heteroatoms. The van der Waals surface area contributed by atoms with E-state index in [1.165, 1.54) is 6.42 Å². The highest BCUT2D eigenvalue weighted by Gasteiger charge is 2.55. The summed E-state index contributed by atoms with van der Waals surface area (Å²) in [5.41, 5.74) is 3.32. The van der Waals surface area contributed by atoms with E-state index in [0.717, 1.165) is 52.7 Å². The smallest absolute Gasteiger partial charge is 0.379 e. The van der Waals surface area contributed by atoms with Crippen LogP contribution < -0.4 is 4.90 Å². The van der Waals surface area contributed by atoms with Crippen LogP contribution >= 0.6 is 23.4 Å². The summed E-state index contributed by atoms with van der Waals surface area (Å²) in [6.07, 6.45) is 5.56. The summed E-state index contributed by atoms with van der Waals surface area (Å²) in [6.45, 7) is 2.34. The zero-order valence-electron chi connectivity index (χ0n) is 19.8. The van der Waals surface area contributed by atoms with Gasteiger partial charge in [0, 0.05) is 29.4 Å². The van der Waals surface area contributed by atoms with Crippen LogP contribution in [0.3, 0.4) is 0 Å². The summed E-state index contributed by atoms with van der Waals surface area (Å²) in [7, 11) is 0. The Morgan fingerprint density at radius 2 is 1.54 bits per heavy atom. The molecule has 0 saturated carbocycles. The fourth-order valence-electron chi connectivity index (χ4n) is 4.92. The van der Waals surface area contributed by atoms with Crippen molar-refractivity contribution in [3.05, 3.63) is 106 Å². The SMILES string of the molecule is CS/C(=N/C1(c2ccccc2)N(c2ccc(Cl)cc2)CC(c2ccccc2)=[N+]1[O-])N1CCCCC1. The maximum absolute atomic E-state index is 14.5. The fourth-order valence-corrected chi connectivity index (χ4v) is 5.71. The lowest BCUT2D eigenvalue weighted by molar-refractivity contribution is -0.547. The van der Waals surface area contributed by atoms with E-state index in [2.05, 4.69) is 9.80 Å². The first kappa shape index (κ1) is 23.8. The summed E-state index contributed by atoms with van der Waals surface area (Å²) in [6, 6.07) is 27.5. The predicted molar refractivity (Wildman–Crippen MR) is 147 cm³/mol. The number of hydrogen-bond donors (Lipinski definition) is 0. The Morgan fingerprint density at radius 3 is 2.17 bits per heavy atom. The highest BCUT2D eigenvalue weighted by molar-refractivity contribution is 8.13. The van der Waals surface area contributed by atoms with E-state index < -0.39 is 5.79 Å². The molecule has 0 bridgehead atoms. The van der Waals surface area contributed by atoms with E-state index in [1.807, 2.05) is 91.2 Å². The average molecular weight is 505 g/mol. The van der Waals surface area contributed by atoms with Gasteiger partial charge in [0.2, 0.25) is 5.71 Å². The van der Waals surface area contributed by atoms with Gasteiger partial charge in [0.15, 0.2) is 5.17 Å². The number of rotatable bonds is 4. The Labute approximate surface area is 216 Å². The van der Waals surface area contributed by atoms with Crippen LogP contribution in [0.5, 0.6) is 0 Å². The van der Waals surface area contributed by atoms with Crippen molar-refractivity contribution in [1.82, 2.24) is 4.90 Å². The van der Waals surface area contributed by atoms with Gasteiger partial charge in [-0.2, -0.15) is 9.73 Å². The number of hydrogen-bond acceptors (Lipinski definition) is 4. The number of amidine groups is 1. The molecule has 180 valence electrons. The molecular weight excluding hydrogens is 476 g/mol. The maximum Gasteiger partial charge on any atom is 0.379 e. The van der Waals surface area contributed by atoms with E-state index in [4.69, 9.17) is 16.6 Å². The highest BCUT2D eigenvalue weighted by Crippen LogP contribution is 2.41. The molecule has 0 N–H and O–H groups in total. The molecule has 0 aliphatic carbocycles. The zero-order valence-corrected chi connectivity index (χ0v) is 21.4. The number of benzene rings is 3. The maximum atomic E-state index is 14.5. The molecule has 1 fully saturated rings. The largest absolute Gasteiger partial charge is 0.620 e. The first-order valence-electron chi connectivity index (χ1n) is 12.0. The number of halogens is 1. The molecule has 0 spiro atoms. The van der Waals surface area contributed by atoms with Crippen LogP contribution in [0, 0.1) is 5.21 Å². The molecule has 0 aromatic heterocycles. The van der Waals surface area contributed by atoms with E-state index in [1.54, 1.807) is 11.8 Å². The van der Waals surface area contributed by atoms with Gasteiger partial charge in [-0.05, 0) is 74.0 Å². The third kappa shape index (κ3) is 4.53. The Morgan fingerprint density at radius 1 is 0.914 bits per heavy atom. The summed E-state index contributed by atoms with van der Waals surface area (Å²) in [4.78, 5) is 9.78. The topological polar surface area (TPSA) is 44.9 Å². The molecular formula is C28H29ClN4OS. The van der Waals surface area contributed by atoms with E-state index in [-0.39, 0.29) is 0 Å². The number of piperidine rings is 1. The van der Waals surface area contributed by atoms with Gasteiger partial charge >= 0.3 is 5.79 Å². The molecule has 2 aliphatic heterocycles. The zero-order chi connectivity index (χ0) is 24.3. The van der Waals surface area contributed by atoms with Gasteiger partial charge < -0.3 is 10.1 Å². The molecule has 1 unspecified atom stereocenters. The molecule has 1 atom stereocenters. The van der Waals surface area contributed by atoms with Crippen LogP contribution in [0.1, 0.15) is 30.4 Å². The fraction of sp³-hybridized carbons (Fsp3) is 0.286. The second-order valence-electron chi connectivity index (χ2n) is 8.82. The molecule has 1 saturated heterocycles. The monoisotopic (exact) mass is 504 g/mol. The van der Waals surface area contributed by atoms with Gasteiger partial charge in [0.1, 0.15) is 6.54 Å². The lowest BCUT2D eigenvalue weighted by Crippen LogP contribution is -2.48. The number of aliphatic imine (C=N–C) groups is 1. The lowest BCUT2D eigenvalue weighted by atomic mass is 10.1. The Balaban J connectivity index is 1.76. The summed E-state index contributed by atoms with van der Waals surface area (Å²) in [5.74, 6) is -1.28. The van der Waals surface area contributed by atoms with Gasteiger partial charge in [-0.3, -0.25) is 4.90 Å². The van der Waals surface area contributed by atoms with Crippen LogP contribution in [0.2, 0.25) is 5.02 Å². The molecule has 5 rings (SSSR count). The van der Waals surface area contributed by atoms with Crippen LogP contribution in [0.25, 0.3) is 0 Å². The van der Waals surface area contributed by atoms with Gasteiger partial charge in [-0.25, -0.2) is 0 Å². The third-order valence-corrected chi connectivity index (χ3v) is 7.65. The quantitative estimate of drug-likeness (QED) is 0.184. The van der Waals surface area contributed by atoms with Crippen molar-refractivity contribution >= 4 is 39.9 Å². The van der Waals surface area contributed by atoms with Crippen molar-refractivity contribution in [2.45, 2.75) is 25.0 Å². The minimum atomic E-state index is -1.28. The summed E-state index contributed by atoms with van der Waals surface area (Å²) < 4.78 is 1.12. The second-order valence-corrected chi connectivity index (χ2v) is 10.0. The highest BCUT2D eigenvalue weighted by atomic mass is 35.5. The van der Waals surface area contributed by atoms with Gasteiger partial charge in [0.05, 0.1) is 5.56 Å². The standard InChI is InChI=1S/C28H29ClN4OS/c1-35-27(31-19-9-4-10-20-31)30-28(23-13-7-3-8-14-23)32(25-17-15-24(29)16-18-25)21-26(33(28)34)22-11-5-2-6-12-22/h2-3,5-8,11-18H,4,9-10,19-21H2,1H3/b30-27+. The van der Waals surface area contributed by atoms with Crippen LogP contribution in [0.4, 0.5) is 5.69 Å². The van der Waals surface area contributed by atoms with Crippen molar-refractivity contribution < 1.29 is 4.74 Å². The van der Waals surface area contributed by atoms with Gasteiger partial charge in [0.25, 0.3) is 0 Å². The molecule has 2 aliphatic rings. The molecule has 2 heterocycles. The van der Waals surface area contributed by atoms with Crippen LogP contribution in [-0.4, -0.2) is 46.4 Å². The number of thioether (sulfide) groups is 1. The number of anilines is 1. The van der Waals surface area contributed by atoms with Crippen molar-refractivity contribution in [2.24, 2.45) is 4.99 Å². The normalized spacial score (nSPS) is 21.0. The number of nitrogens with zero attached hydrogens (tertiary/aromatic N) is 4. The third-order valence-electron chi connectivity index (χ3n) is 6.68. The first-order chi connectivity index (χ1) is 17.1. The van der Waals surface area contributed by atoms with Crippen molar-refractivity contribution in [2.75, 3.05) is 30.8 Å². The minimum Gasteiger partial charge on any atom is -0.620 e. The number of likely N-dealkylation sites (tertiary alicyclic amines) is 1. The average Bonchev–Trinajstić information content (AvgIpc) is 3.22. The molecule has 0 radical (unpaired) electrons. The molecule has 3 aromatic carbocycles. The first-order valence-corrected chi connectivity index (χ1v) is 13.6.